The summed E-state index contributed by atoms with van der Waals surface area (Å²) in [5.41, 5.74) is 1.75. The lowest BCUT2D eigenvalue weighted by atomic mass is 9.77. The van der Waals surface area contributed by atoms with Crippen molar-refractivity contribution in [3.05, 3.63) is 59.9 Å². The van der Waals surface area contributed by atoms with Gasteiger partial charge in [0.15, 0.2) is 0 Å². The van der Waals surface area contributed by atoms with E-state index in [0.717, 1.165) is 30.7 Å². The first-order valence-corrected chi connectivity index (χ1v) is 11.8. The standard InChI is InChI=1S/C24H29N3O3.C2H2O4/c1-18(2)30-21-5-3-4-20(14-21)23(29)26-12-8-24(9-13-26)15-22(28)27(17-24)16-19-6-10-25-11-7-19;3-1(4)2(5)6/h3-7,10-11,14,18H,8-9,12-13,15-17H2,1-2H3;(H,3,4)(H,5,6). The summed E-state index contributed by atoms with van der Waals surface area (Å²) in [5, 5.41) is 14.8. The lowest BCUT2D eigenvalue weighted by molar-refractivity contribution is -0.159. The van der Waals surface area contributed by atoms with Gasteiger partial charge in [0.1, 0.15) is 5.75 Å². The topological polar surface area (TPSA) is 137 Å². The molecule has 1 spiro atoms. The van der Waals surface area contributed by atoms with Gasteiger partial charge in [-0.2, -0.15) is 0 Å². The number of piperidine rings is 1. The number of carboxylic acid groups (broad SMARTS) is 2. The van der Waals surface area contributed by atoms with E-state index in [4.69, 9.17) is 24.5 Å². The molecule has 0 aliphatic carbocycles. The van der Waals surface area contributed by atoms with E-state index in [0.29, 0.717) is 31.6 Å². The minimum absolute atomic E-state index is 0.0104. The molecule has 10 heteroatoms. The Morgan fingerprint density at radius 1 is 1.06 bits per heavy atom. The monoisotopic (exact) mass is 497 g/mol. The molecule has 2 aromatic rings. The maximum absolute atomic E-state index is 13.0. The van der Waals surface area contributed by atoms with Crippen molar-refractivity contribution in [1.29, 1.82) is 0 Å². The van der Waals surface area contributed by atoms with Gasteiger partial charge in [0, 0.05) is 56.0 Å². The van der Waals surface area contributed by atoms with Crippen molar-refractivity contribution >= 4 is 23.8 Å². The van der Waals surface area contributed by atoms with Gasteiger partial charge < -0.3 is 24.7 Å². The summed E-state index contributed by atoms with van der Waals surface area (Å²) < 4.78 is 5.72. The van der Waals surface area contributed by atoms with Gasteiger partial charge in [-0.25, -0.2) is 9.59 Å². The Morgan fingerprint density at radius 3 is 2.28 bits per heavy atom. The number of ether oxygens (including phenoxy) is 1. The number of aromatic nitrogens is 1. The van der Waals surface area contributed by atoms with Gasteiger partial charge in [-0.15, -0.1) is 0 Å². The fraction of sp³-hybridized carbons (Fsp3) is 0.423. The zero-order chi connectivity index (χ0) is 26.3. The molecule has 0 atom stereocenters. The Kier molecular flexibility index (Phi) is 8.63. The lowest BCUT2D eigenvalue weighted by Gasteiger charge is -2.39. The van der Waals surface area contributed by atoms with Crippen molar-refractivity contribution < 1.29 is 34.1 Å². The molecule has 2 N–H and O–H groups in total. The molecule has 4 rings (SSSR count). The van der Waals surface area contributed by atoms with Gasteiger partial charge in [-0.3, -0.25) is 14.6 Å². The van der Waals surface area contributed by atoms with Crippen LogP contribution in [0.15, 0.2) is 48.8 Å². The number of pyridine rings is 1. The summed E-state index contributed by atoms with van der Waals surface area (Å²) >= 11 is 0. The van der Waals surface area contributed by atoms with Crippen LogP contribution in [0.1, 0.15) is 49.0 Å². The molecule has 2 fully saturated rings. The summed E-state index contributed by atoms with van der Waals surface area (Å²) in [6.45, 7) is 6.72. The highest BCUT2D eigenvalue weighted by Gasteiger charge is 2.45. The van der Waals surface area contributed by atoms with E-state index in [1.54, 1.807) is 12.4 Å². The number of aliphatic carboxylic acids is 2. The predicted octanol–water partition coefficient (Wildman–Crippen LogP) is 2.68. The van der Waals surface area contributed by atoms with Crippen LogP contribution in [0.25, 0.3) is 0 Å². The van der Waals surface area contributed by atoms with Gasteiger partial charge in [0.25, 0.3) is 5.91 Å². The van der Waals surface area contributed by atoms with Crippen LogP contribution in [-0.4, -0.2) is 74.5 Å². The Labute approximate surface area is 209 Å². The smallest absolute Gasteiger partial charge is 0.414 e. The molecule has 3 heterocycles. The van der Waals surface area contributed by atoms with Crippen LogP contribution in [0, 0.1) is 5.41 Å². The van der Waals surface area contributed by atoms with E-state index in [1.807, 2.05) is 60.0 Å². The normalized spacial score (nSPS) is 16.5. The van der Waals surface area contributed by atoms with Gasteiger partial charge in [-0.1, -0.05) is 6.07 Å². The molecule has 1 aromatic heterocycles. The molecule has 2 aliphatic heterocycles. The van der Waals surface area contributed by atoms with E-state index in [1.165, 1.54) is 0 Å². The molecule has 192 valence electrons. The molecule has 2 amide bonds. The van der Waals surface area contributed by atoms with Crippen LogP contribution >= 0.6 is 0 Å². The van der Waals surface area contributed by atoms with Crippen LogP contribution in [0.2, 0.25) is 0 Å². The molecule has 0 saturated carbocycles. The van der Waals surface area contributed by atoms with Crippen molar-refractivity contribution in [2.75, 3.05) is 19.6 Å². The third-order valence-corrected chi connectivity index (χ3v) is 6.28. The molecule has 2 saturated heterocycles. The minimum Gasteiger partial charge on any atom is -0.491 e. The minimum atomic E-state index is -1.82. The molecule has 2 aliphatic rings. The van der Waals surface area contributed by atoms with Crippen molar-refractivity contribution in [2.24, 2.45) is 5.41 Å². The van der Waals surface area contributed by atoms with Crippen LogP contribution in [0.5, 0.6) is 5.75 Å². The van der Waals surface area contributed by atoms with E-state index in [-0.39, 0.29) is 23.3 Å². The number of amides is 2. The number of carbonyl (C=O) groups excluding carboxylic acids is 2. The number of carbonyl (C=O) groups is 4. The number of benzene rings is 1. The summed E-state index contributed by atoms with van der Waals surface area (Å²) in [5.74, 6) is -2.68. The summed E-state index contributed by atoms with van der Waals surface area (Å²) in [4.78, 5) is 51.7. The molecular formula is C26H31N3O7. The number of rotatable bonds is 5. The fourth-order valence-electron chi connectivity index (χ4n) is 4.51. The predicted molar refractivity (Wildman–Crippen MR) is 129 cm³/mol. The van der Waals surface area contributed by atoms with Crippen LogP contribution in [0.3, 0.4) is 0 Å². The Hall–Kier alpha value is -3.95. The average Bonchev–Trinajstić information content (AvgIpc) is 3.14. The third-order valence-electron chi connectivity index (χ3n) is 6.28. The van der Waals surface area contributed by atoms with Gasteiger partial charge >= 0.3 is 11.9 Å². The molecule has 0 radical (unpaired) electrons. The fourth-order valence-corrected chi connectivity index (χ4v) is 4.51. The van der Waals surface area contributed by atoms with Gasteiger partial charge in [0.05, 0.1) is 6.10 Å². The van der Waals surface area contributed by atoms with E-state index in [9.17, 15) is 9.59 Å². The number of hydrogen-bond donors (Lipinski definition) is 2. The van der Waals surface area contributed by atoms with Crippen molar-refractivity contribution in [2.45, 2.75) is 45.8 Å². The zero-order valence-corrected chi connectivity index (χ0v) is 20.4. The highest BCUT2D eigenvalue weighted by atomic mass is 16.5. The maximum atomic E-state index is 13.0. The lowest BCUT2D eigenvalue weighted by Crippen LogP contribution is -2.44. The zero-order valence-electron chi connectivity index (χ0n) is 20.4. The number of likely N-dealkylation sites (tertiary alicyclic amines) is 2. The summed E-state index contributed by atoms with van der Waals surface area (Å²) in [6.07, 6.45) is 5.89. The quantitative estimate of drug-likeness (QED) is 0.602. The SMILES string of the molecule is CC(C)Oc1cccc(C(=O)N2CCC3(CC2)CC(=O)N(Cc2ccncc2)C3)c1.O=C(O)C(=O)O. The van der Waals surface area contributed by atoms with Gasteiger partial charge in [-0.05, 0) is 62.6 Å². The average molecular weight is 498 g/mol. The largest absolute Gasteiger partial charge is 0.491 e. The summed E-state index contributed by atoms with van der Waals surface area (Å²) in [6, 6.07) is 11.3. The van der Waals surface area contributed by atoms with Crippen molar-refractivity contribution in [1.82, 2.24) is 14.8 Å². The second kappa shape index (κ2) is 11.7. The summed E-state index contributed by atoms with van der Waals surface area (Å²) in [7, 11) is 0. The van der Waals surface area contributed by atoms with E-state index < -0.39 is 11.9 Å². The van der Waals surface area contributed by atoms with Gasteiger partial charge in [0.2, 0.25) is 5.91 Å². The maximum Gasteiger partial charge on any atom is 0.414 e. The van der Waals surface area contributed by atoms with Crippen LogP contribution < -0.4 is 4.74 Å². The first-order chi connectivity index (χ1) is 17.1. The van der Waals surface area contributed by atoms with Crippen molar-refractivity contribution in [3.8, 4) is 5.75 Å². The Balaban J connectivity index is 0.000000538. The first-order valence-electron chi connectivity index (χ1n) is 11.8. The van der Waals surface area contributed by atoms with Crippen molar-refractivity contribution in [3.63, 3.8) is 0 Å². The number of carboxylic acids is 2. The van der Waals surface area contributed by atoms with E-state index >= 15 is 0 Å². The Morgan fingerprint density at radius 2 is 1.69 bits per heavy atom. The third kappa shape index (κ3) is 7.03. The molecule has 10 nitrogen and oxygen atoms in total. The molecular weight excluding hydrogens is 466 g/mol. The first kappa shape index (κ1) is 26.7. The molecule has 1 aromatic carbocycles. The molecule has 0 bridgehead atoms. The second-order valence-corrected chi connectivity index (χ2v) is 9.38. The Bertz CT molecular complexity index is 1080. The molecule has 0 unspecified atom stereocenters. The highest BCUT2D eigenvalue weighted by Crippen LogP contribution is 2.41. The van der Waals surface area contributed by atoms with Crippen LogP contribution in [0.4, 0.5) is 0 Å². The molecule has 36 heavy (non-hydrogen) atoms. The van der Waals surface area contributed by atoms with Crippen LogP contribution in [-0.2, 0) is 20.9 Å². The number of hydrogen-bond acceptors (Lipinski definition) is 6. The number of nitrogens with zero attached hydrogens (tertiary/aromatic N) is 3. The second-order valence-electron chi connectivity index (χ2n) is 9.38. The van der Waals surface area contributed by atoms with E-state index in [2.05, 4.69) is 4.98 Å². The highest BCUT2D eigenvalue weighted by molar-refractivity contribution is 6.27.